The van der Waals surface area contributed by atoms with E-state index in [4.69, 9.17) is 23.4 Å². The van der Waals surface area contributed by atoms with Crippen molar-refractivity contribution in [1.29, 1.82) is 0 Å². The largest absolute Gasteiger partial charge is 0.467 e. The molecule has 0 amide bonds. The van der Waals surface area contributed by atoms with Crippen LogP contribution in [-0.2, 0) is 13.9 Å². The predicted octanol–water partition coefficient (Wildman–Crippen LogP) is 8.92. The standard InChI is InChI=1S/C34H50O5Si/c1-24(2)28-21-30(39-40(9,10)34(4,5)6)25(3)18-29(28)33-31(37-22-35-7)19-27(20-32(33)38-23-36-8)17-16-26-14-12-11-13-15-26/h11-17,19-20,25,28-30H,1,18,21-23H2,2-10H3/b17-16+/t25-,28-,29+,30-/m1/s1. The Morgan fingerprint density at radius 1 is 0.925 bits per heavy atom. The third-order valence-electron chi connectivity index (χ3n) is 8.55. The average Bonchev–Trinajstić information content (AvgIpc) is 2.90. The number of allylic oxidation sites excluding steroid dienone is 1. The molecular formula is C34H50O5Si. The van der Waals surface area contributed by atoms with Gasteiger partial charge in [0.05, 0.1) is 0 Å². The molecule has 0 aliphatic heterocycles. The van der Waals surface area contributed by atoms with E-state index >= 15 is 0 Å². The summed E-state index contributed by atoms with van der Waals surface area (Å²) in [4.78, 5) is 0. The molecule has 0 heterocycles. The van der Waals surface area contributed by atoms with Crippen LogP contribution in [0.1, 0.15) is 70.1 Å². The van der Waals surface area contributed by atoms with Crippen molar-refractivity contribution in [1.82, 2.24) is 0 Å². The van der Waals surface area contributed by atoms with Gasteiger partial charge in [-0.15, -0.1) is 0 Å². The van der Waals surface area contributed by atoms with Crippen LogP contribution >= 0.6 is 0 Å². The number of ether oxygens (including phenoxy) is 4. The Morgan fingerprint density at radius 2 is 1.48 bits per heavy atom. The van der Waals surface area contributed by atoms with Crippen LogP contribution in [0.25, 0.3) is 12.2 Å². The van der Waals surface area contributed by atoms with Crippen molar-refractivity contribution in [2.75, 3.05) is 27.8 Å². The first kappa shape index (κ1) is 32.1. The molecule has 0 radical (unpaired) electrons. The van der Waals surface area contributed by atoms with E-state index in [0.717, 1.165) is 46.6 Å². The fourth-order valence-corrected chi connectivity index (χ4v) is 6.71. The molecule has 3 rings (SSSR count). The van der Waals surface area contributed by atoms with E-state index < -0.39 is 8.32 Å². The Labute approximate surface area is 243 Å². The molecule has 1 aliphatic carbocycles. The summed E-state index contributed by atoms with van der Waals surface area (Å²) in [5.41, 5.74) is 4.32. The highest BCUT2D eigenvalue weighted by Gasteiger charge is 2.45. The zero-order chi connectivity index (χ0) is 29.5. The average molecular weight is 567 g/mol. The Balaban J connectivity index is 2.05. The quantitative estimate of drug-likeness (QED) is 0.111. The fourth-order valence-electron chi connectivity index (χ4n) is 5.27. The van der Waals surface area contributed by atoms with Crippen molar-refractivity contribution in [3.63, 3.8) is 0 Å². The van der Waals surface area contributed by atoms with Gasteiger partial charge >= 0.3 is 0 Å². The van der Waals surface area contributed by atoms with Crippen molar-refractivity contribution in [3.05, 3.63) is 71.3 Å². The Hall–Kier alpha value is -2.38. The monoisotopic (exact) mass is 566 g/mol. The lowest BCUT2D eigenvalue weighted by molar-refractivity contribution is 0.0374. The molecule has 1 aliphatic rings. The van der Waals surface area contributed by atoms with E-state index in [-0.39, 0.29) is 36.6 Å². The highest BCUT2D eigenvalue weighted by Crippen LogP contribution is 2.52. The van der Waals surface area contributed by atoms with Crippen LogP contribution in [0, 0.1) is 11.8 Å². The molecule has 0 N–H and O–H groups in total. The predicted molar refractivity (Wildman–Crippen MR) is 168 cm³/mol. The van der Waals surface area contributed by atoms with Gasteiger partial charge < -0.3 is 23.4 Å². The van der Waals surface area contributed by atoms with Crippen LogP contribution < -0.4 is 9.47 Å². The minimum absolute atomic E-state index is 0.152. The Kier molecular flexibility index (Phi) is 11.2. The van der Waals surface area contributed by atoms with Crippen molar-refractivity contribution < 1.29 is 23.4 Å². The van der Waals surface area contributed by atoms with Gasteiger partial charge in [-0.05, 0) is 78.9 Å². The summed E-state index contributed by atoms with van der Waals surface area (Å²) in [6, 6.07) is 14.4. The SMILES string of the molecule is C=C(C)[C@H]1C[C@@H](O[Si](C)(C)C(C)(C)C)[C@H](C)C[C@@H]1c1c(OCOC)cc(/C=C/c2ccccc2)cc1OCOC. The first-order chi connectivity index (χ1) is 18.9. The van der Waals surface area contributed by atoms with Gasteiger partial charge in [-0.25, -0.2) is 0 Å². The molecule has 0 unspecified atom stereocenters. The van der Waals surface area contributed by atoms with Crippen molar-refractivity contribution in [2.24, 2.45) is 11.8 Å². The van der Waals surface area contributed by atoms with E-state index in [1.54, 1.807) is 14.2 Å². The van der Waals surface area contributed by atoms with Crippen molar-refractivity contribution in [3.8, 4) is 11.5 Å². The third-order valence-corrected chi connectivity index (χ3v) is 13.1. The van der Waals surface area contributed by atoms with Crippen LogP contribution in [0.5, 0.6) is 11.5 Å². The Bertz CT molecular complexity index is 1110. The molecule has 1 saturated carbocycles. The molecule has 0 bridgehead atoms. The minimum Gasteiger partial charge on any atom is -0.467 e. The van der Waals surface area contributed by atoms with Gasteiger partial charge in [-0.2, -0.15) is 0 Å². The van der Waals surface area contributed by atoms with E-state index in [1.165, 1.54) is 0 Å². The van der Waals surface area contributed by atoms with Gasteiger partial charge in [0.15, 0.2) is 21.9 Å². The highest BCUT2D eigenvalue weighted by atomic mass is 28.4. The molecule has 40 heavy (non-hydrogen) atoms. The number of hydrogen-bond donors (Lipinski definition) is 0. The van der Waals surface area contributed by atoms with Crippen molar-refractivity contribution in [2.45, 2.75) is 77.6 Å². The van der Waals surface area contributed by atoms with Crippen molar-refractivity contribution >= 4 is 20.5 Å². The van der Waals surface area contributed by atoms with Gasteiger partial charge in [-0.1, -0.05) is 82.3 Å². The molecule has 2 aromatic rings. The van der Waals surface area contributed by atoms with E-state index in [2.05, 4.69) is 90.7 Å². The number of methoxy groups -OCH3 is 2. The van der Waals surface area contributed by atoms with Gasteiger partial charge in [0.25, 0.3) is 0 Å². The summed E-state index contributed by atoms with van der Waals surface area (Å²) in [6.45, 7) is 20.8. The summed E-state index contributed by atoms with van der Waals surface area (Å²) in [5.74, 6) is 2.31. The molecule has 1 fully saturated rings. The summed E-state index contributed by atoms with van der Waals surface area (Å²) in [6.07, 6.45) is 6.25. The number of hydrogen-bond acceptors (Lipinski definition) is 5. The molecule has 6 heteroatoms. The topological polar surface area (TPSA) is 46.2 Å². The second-order valence-corrected chi connectivity index (χ2v) is 17.5. The smallest absolute Gasteiger partial charge is 0.192 e. The van der Waals surface area contributed by atoms with E-state index in [0.29, 0.717) is 5.92 Å². The summed E-state index contributed by atoms with van der Waals surface area (Å²) < 4.78 is 30.1. The fraction of sp³-hybridized carbons (Fsp3) is 0.529. The highest BCUT2D eigenvalue weighted by molar-refractivity contribution is 6.74. The van der Waals surface area contributed by atoms with Crippen LogP contribution in [-0.4, -0.2) is 42.2 Å². The molecular weight excluding hydrogens is 516 g/mol. The molecule has 2 aromatic carbocycles. The van der Waals surface area contributed by atoms with Gasteiger partial charge in [-0.3, -0.25) is 0 Å². The second-order valence-electron chi connectivity index (χ2n) is 12.7. The minimum atomic E-state index is -1.92. The zero-order valence-corrected chi connectivity index (χ0v) is 27.1. The van der Waals surface area contributed by atoms with Crippen LogP contribution in [0.3, 0.4) is 0 Å². The molecule has 0 spiro atoms. The van der Waals surface area contributed by atoms with Gasteiger partial charge in [0, 0.05) is 25.9 Å². The Morgan fingerprint density at radius 3 is 1.98 bits per heavy atom. The molecule has 220 valence electrons. The lowest BCUT2D eigenvalue weighted by Crippen LogP contribution is -2.48. The molecule has 0 saturated heterocycles. The third kappa shape index (κ3) is 8.09. The van der Waals surface area contributed by atoms with Crippen LogP contribution in [0.15, 0.2) is 54.6 Å². The first-order valence-corrected chi connectivity index (χ1v) is 17.3. The van der Waals surface area contributed by atoms with Gasteiger partial charge in [0.2, 0.25) is 0 Å². The summed E-state index contributed by atoms with van der Waals surface area (Å²) in [5, 5.41) is 0.160. The van der Waals surface area contributed by atoms with Crippen LogP contribution in [0.2, 0.25) is 18.1 Å². The number of rotatable bonds is 12. The molecule has 4 atom stereocenters. The lowest BCUT2D eigenvalue weighted by Gasteiger charge is -2.46. The lowest BCUT2D eigenvalue weighted by atomic mass is 9.67. The second kappa shape index (κ2) is 14.0. The maximum Gasteiger partial charge on any atom is 0.192 e. The first-order valence-electron chi connectivity index (χ1n) is 14.4. The van der Waals surface area contributed by atoms with E-state index in [9.17, 15) is 0 Å². The maximum atomic E-state index is 6.99. The number of benzene rings is 2. The summed E-state index contributed by atoms with van der Waals surface area (Å²) >= 11 is 0. The zero-order valence-electron chi connectivity index (χ0n) is 26.1. The van der Waals surface area contributed by atoms with Crippen LogP contribution in [0.4, 0.5) is 0 Å². The maximum absolute atomic E-state index is 6.99. The molecule has 0 aromatic heterocycles. The normalized spacial score (nSPS) is 21.9. The molecule has 5 nitrogen and oxygen atoms in total. The summed E-state index contributed by atoms with van der Waals surface area (Å²) in [7, 11) is 1.36. The van der Waals surface area contributed by atoms with Gasteiger partial charge in [0.1, 0.15) is 11.5 Å². The van der Waals surface area contributed by atoms with E-state index in [1.807, 2.05) is 18.2 Å².